The van der Waals surface area contributed by atoms with Crippen molar-refractivity contribution in [2.24, 2.45) is 5.92 Å². The average molecular weight is 327 g/mol. The summed E-state index contributed by atoms with van der Waals surface area (Å²) in [5, 5.41) is 14.3. The Morgan fingerprint density at radius 1 is 1.25 bits per heavy atom. The number of fused-ring (bicyclic) bond motifs is 1. The maximum Gasteiger partial charge on any atom is 0.331 e. The highest BCUT2D eigenvalue weighted by molar-refractivity contribution is 5.90. The van der Waals surface area contributed by atoms with Crippen LogP contribution in [0.15, 0.2) is 42.5 Å². The van der Waals surface area contributed by atoms with E-state index in [1.165, 1.54) is 19.4 Å². The number of hydrogen-bond donors (Lipinski definition) is 2. The van der Waals surface area contributed by atoms with Gasteiger partial charge in [-0.2, -0.15) is 0 Å². The quantitative estimate of drug-likeness (QED) is 0.855. The lowest BCUT2D eigenvalue weighted by Crippen LogP contribution is -2.55. The Kier molecular flexibility index (Phi) is 4.28. The zero-order valence-electron chi connectivity index (χ0n) is 13.8. The van der Waals surface area contributed by atoms with Gasteiger partial charge in [-0.05, 0) is 35.6 Å². The summed E-state index contributed by atoms with van der Waals surface area (Å²) in [6, 6.07) is 14.3. The fourth-order valence-corrected chi connectivity index (χ4v) is 3.10. The fourth-order valence-electron chi connectivity index (χ4n) is 3.10. The second-order valence-corrected chi connectivity index (χ2v) is 6.61. The largest absolute Gasteiger partial charge is 0.479 e. The molecule has 0 saturated heterocycles. The van der Waals surface area contributed by atoms with Crippen molar-refractivity contribution in [3.63, 3.8) is 0 Å². The third kappa shape index (κ3) is 3.12. The molecule has 1 amide bonds. The van der Waals surface area contributed by atoms with Crippen LogP contribution in [0, 0.1) is 5.92 Å². The number of aliphatic carboxylic acids is 1. The first kappa shape index (κ1) is 16.5. The van der Waals surface area contributed by atoms with Gasteiger partial charge in [0.25, 0.3) is 0 Å². The van der Waals surface area contributed by atoms with Crippen molar-refractivity contribution in [2.45, 2.75) is 24.8 Å². The van der Waals surface area contributed by atoms with Crippen LogP contribution in [0.4, 0.5) is 0 Å². The molecule has 0 aromatic heterocycles. The van der Waals surface area contributed by atoms with Crippen LogP contribution >= 0.6 is 0 Å². The number of methoxy groups -OCH3 is 1. The van der Waals surface area contributed by atoms with E-state index in [9.17, 15) is 14.7 Å². The molecule has 1 saturated carbocycles. The van der Waals surface area contributed by atoms with Crippen molar-refractivity contribution >= 4 is 22.6 Å². The summed E-state index contributed by atoms with van der Waals surface area (Å²) in [4.78, 5) is 23.8. The van der Waals surface area contributed by atoms with Crippen molar-refractivity contribution in [1.29, 1.82) is 0 Å². The van der Waals surface area contributed by atoms with Gasteiger partial charge in [0.05, 0.1) is 6.61 Å². The number of carboxylic acids is 1. The Hall–Kier alpha value is -2.40. The summed E-state index contributed by atoms with van der Waals surface area (Å²) in [7, 11) is 1.42. The molecule has 0 radical (unpaired) electrons. The highest BCUT2D eigenvalue weighted by atomic mass is 16.5. The van der Waals surface area contributed by atoms with E-state index in [4.69, 9.17) is 4.74 Å². The van der Waals surface area contributed by atoms with Crippen molar-refractivity contribution in [1.82, 2.24) is 5.32 Å². The Morgan fingerprint density at radius 3 is 2.62 bits per heavy atom. The normalized spacial score (nSPS) is 21.9. The molecular formula is C19H21NO4. The minimum atomic E-state index is -1.40. The number of amides is 1. The summed E-state index contributed by atoms with van der Waals surface area (Å²) in [5.74, 6) is -1.35. The van der Waals surface area contributed by atoms with Gasteiger partial charge in [0.2, 0.25) is 5.91 Å². The van der Waals surface area contributed by atoms with Crippen molar-refractivity contribution in [3.05, 3.63) is 48.0 Å². The van der Waals surface area contributed by atoms with E-state index in [-0.39, 0.29) is 24.3 Å². The molecule has 1 aliphatic rings. The molecule has 24 heavy (non-hydrogen) atoms. The lowest BCUT2D eigenvalue weighted by Gasteiger charge is -2.25. The van der Waals surface area contributed by atoms with Crippen LogP contribution in [0.3, 0.4) is 0 Å². The molecule has 3 unspecified atom stereocenters. The first-order valence-electron chi connectivity index (χ1n) is 7.97. The van der Waals surface area contributed by atoms with Crippen LogP contribution < -0.4 is 5.32 Å². The van der Waals surface area contributed by atoms with Gasteiger partial charge < -0.3 is 15.2 Å². The van der Waals surface area contributed by atoms with Crippen molar-refractivity contribution in [3.8, 4) is 0 Å². The van der Waals surface area contributed by atoms with E-state index >= 15 is 0 Å². The minimum absolute atomic E-state index is 0.0680. The van der Waals surface area contributed by atoms with Crippen LogP contribution in [-0.2, 0) is 14.3 Å². The molecule has 2 aromatic rings. The molecule has 1 fully saturated rings. The van der Waals surface area contributed by atoms with Gasteiger partial charge in [-0.25, -0.2) is 4.79 Å². The Balaban J connectivity index is 1.71. The van der Waals surface area contributed by atoms with Gasteiger partial charge in [0.1, 0.15) is 0 Å². The van der Waals surface area contributed by atoms with E-state index in [0.29, 0.717) is 0 Å². The van der Waals surface area contributed by atoms with E-state index in [1.807, 2.05) is 18.2 Å². The van der Waals surface area contributed by atoms with Gasteiger partial charge in [-0.1, -0.05) is 42.5 Å². The number of nitrogens with one attached hydrogen (secondary N) is 1. The highest BCUT2D eigenvalue weighted by Gasteiger charge is 2.47. The van der Waals surface area contributed by atoms with Crippen LogP contribution in [-0.4, -0.2) is 36.2 Å². The van der Waals surface area contributed by atoms with Gasteiger partial charge >= 0.3 is 5.97 Å². The minimum Gasteiger partial charge on any atom is -0.479 e. The van der Waals surface area contributed by atoms with Crippen molar-refractivity contribution in [2.75, 3.05) is 13.7 Å². The zero-order chi connectivity index (χ0) is 17.3. The molecule has 0 aliphatic heterocycles. The summed E-state index contributed by atoms with van der Waals surface area (Å²) >= 11 is 0. The van der Waals surface area contributed by atoms with E-state index in [0.717, 1.165) is 17.4 Å². The number of carboxylic acid groups (broad SMARTS) is 1. The second kappa shape index (κ2) is 6.24. The van der Waals surface area contributed by atoms with E-state index < -0.39 is 11.5 Å². The number of rotatable bonds is 6. The van der Waals surface area contributed by atoms with Gasteiger partial charge in [-0.3, -0.25) is 4.79 Å². The summed E-state index contributed by atoms with van der Waals surface area (Å²) in [5.41, 5.74) is -0.278. The molecule has 1 aliphatic carbocycles. The van der Waals surface area contributed by atoms with Gasteiger partial charge in [0.15, 0.2) is 5.54 Å². The Labute approximate surface area is 140 Å². The Bertz CT molecular complexity index is 788. The molecule has 0 heterocycles. The molecule has 5 nitrogen and oxygen atoms in total. The molecule has 3 atom stereocenters. The van der Waals surface area contributed by atoms with Crippen LogP contribution in [0.5, 0.6) is 0 Å². The smallest absolute Gasteiger partial charge is 0.331 e. The topological polar surface area (TPSA) is 75.6 Å². The molecule has 0 spiro atoms. The second-order valence-electron chi connectivity index (χ2n) is 6.61. The zero-order valence-corrected chi connectivity index (χ0v) is 13.8. The molecule has 2 aromatic carbocycles. The predicted molar refractivity (Wildman–Crippen MR) is 90.9 cm³/mol. The van der Waals surface area contributed by atoms with Gasteiger partial charge in [-0.15, -0.1) is 0 Å². The lowest BCUT2D eigenvalue weighted by atomic mass is 10.0. The summed E-state index contributed by atoms with van der Waals surface area (Å²) in [6.07, 6.45) is 0.743. The van der Waals surface area contributed by atoms with Crippen LogP contribution in [0.25, 0.3) is 10.8 Å². The molecule has 126 valence electrons. The molecule has 5 heteroatoms. The van der Waals surface area contributed by atoms with Crippen molar-refractivity contribution < 1.29 is 19.4 Å². The predicted octanol–water partition coefficient (Wildman–Crippen LogP) is 2.55. The Morgan fingerprint density at radius 2 is 1.96 bits per heavy atom. The van der Waals surface area contributed by atoms with Crippen LogP contribution in [0.2, 0.25) is 0 Å². The monoisotopic (exact) mass is 327 g/mol. The van der Waals surface area contributed by atoms with Gasteiger partial charge in [0, 0.05) is 13.0 Å². The summed E-state index contributed by atoms with van der Waals surface area (Å²) < 4.78 is 4.93. The molecule has 3 rings (SSSR count). The molecule has 0 bridgehead atoms. The van der Waals surface area contributed by atoms with Crippen LogP contribution in [0.1, 0.15) is 24.8 Å². The first-order chi connectivity index (χ1) is 11.4. The number of ether oxygens (including phenoxy) is 1. The highest BCUT2D eigenvalue weighted by Crippen LogP contribution is 2.48. The number of carbonyl (C=O) groups excluding carboxylic acids is 1. The van der Waals surface area contributed by atoms with E-state index in [1.54, 1.807) is 0 Å². The maximum atomic E-state index is 12.4. The third-order valence-corrected chi connectivity index (χ3v) is 4.63. The lowest BCUT2D eigenvalue weighted by molar-refractivity contribution is -0.149. The number of benzene rings is 2. The fraction of sp³-hybridized carbons (Fsp3) is 0.368. The third-order valence-electron chi connectivity index (χ3n) is 4.63. The number of hydrogen-bond acceptors (Lipinski definition) is 3. The standard InChI is InChI=1S/C19H21NO4/c1-19(11-24-2,18(22)23)20-17(21)16-10-15(16)14-8-7-12-5-3-4-6-13(12)9-14/h3-9,15-16H,10-11H2,1-2H3,(H,20,21)(H,22,23). The first-order valence-corrected chi connectivity index (χ1v) is 7.97. The molecule has 2 N–H and O–H groups in total. The summed E-state index contributed by atoms with van der Waals surface area (Å²) in [6.45, 7) is 1.39. The molecular weight excluding hydrogens is 306 g/mol. The maximum absolute atomic E-state index is 12.4. The SMILES string of the molecule is COCC(C)(NC(=O)C1CC1c1ccc2ccccc2c1)C(=O)O. The number of carbonyl (C=O) groups is 2. The van der Waals surface area contributed by atoms with E-state index in [2.05, 4.69) is 29.6 Å². The average Bonchev–Trinajstić information content (AvgIpc) is 3.35.